The highest BCUT2D eigenvalue weighted by molar-refractivity contribution is 5.66. The maximum atomic E-state index is 13.7. The van der Waals surface area contributed by atoms with Crippen molar-refractivity contribution in [3.8, 4) is 57.4 Å². The molecular formula is C50H38F6N10O7. The summed E-state index contributed by atoms with van der Waals surface area (Å²) >= 11 is 0. The SMILES string of the molecule is COC(Cn1c(=O)c(-c2ccnn2-c2ccc(C#N)cc2)c(C)n(-c2cccc(C(F)(F)F)c2)c1=O)OC.Cc1c(-c2ccnn2-c2ccc(C#N)cc2)c(=O)n(CC=O)c(=O)n1-c1cccc(C(F)(F)F)c1. The van der Waals surface area contributed by atoms with E-state index in [4.69, 9.17) is 20.0 Å². The molecule has 0 radical (unpaired) electrons. The van der Waals surface area contributed by atoms with E-state index in [1.807, 2.05) is 12.1 Å². The Morgan fingerprint density at radius 3 is 1.36 bits per heavy atom. The molecule has 8 rings (SSSR count). The van der Waals surface area contributed by atoms with Gasteiger partial charge in [0.1, 0.15) is 6.29 Å². The quantitative estimate of drug-likeness (QED) is 0.0698. The largest absolute Gasteiger partial charge is 0.416 e. The zero-order chi connectivity index (χ0) is 52.9. The number of carbonyl (C=O) groups excluding carboxylic acids is 1. The monoisotopic (exact) mass is 1000 g/mol. The van der Waals surface area contributed by atoms with E-state index in [0.717, 1.165) is 44.0 Å². The Hall–Kier alpha value is -9.19. The van der Waals surface area contributed by atoms with Gasteiger partial charge in [-0.25, -0.2) is 19.0 Å². The van der Waals surface area contributed by atoms with Crippen LogP contribution in [0.4, 0.5) is 26.3 Å². The maximum absolute atomic E-state index is 13.7. The fourth-order valence-electron chi connectivity index (χ4n) is 7.89. The smallest absolute Gasteiger partial charge is 0.354 e. The van der Waals surface area contributed by atoms with Crippen molar-refractivity contribution >= 4 is 6.29 Å². The number of carbonyl (C=O) groups is 1. The Bertz CT molecular complexity index is 3700. The van der Waals surface area contributed by atoms with Crippen LogP contribution in [0.5, 0.6) is 0 Å². The zero-order valence-electron chi connectivity index (χ0n) is 38.7. The van der Waals surface area contributed by atoms with Crippen molar-refractivity contribution < 1.29 is 40.6 Å². The van der Waals surface area contributed by atoms with E-state index in [-0.39, 0.29) is 51.8 Å². The van der Waals surface area contributed by atoms with Crippen molar-refractivity contribution in [1.82, 2.24) is 37.8 Å². The third-order valence-electron chi connectivity index (χ3n) is 11.4. The first kappa shape index (κ1) is 51.7. The van der Waals surface area contributed by atoms with Gasteiger partial charge in [0, 0.05) is 25.6 Å². The molecule has 4 heterocycles. The van der Waals surface area contributed by atoms with Gasteiger partial charge >= 0.3 is 23.7 Å². The second kappa shape index (κ2) is 21.0. The summed E-state index contributed by atoms with van der Waals surface area (Å²) < 4.78 is 97.1. The maximum Gasteiger partial charge on any atom is 0.416 e. The molecule has 0 aliphatic heterocycles. The molecule has 73 heavy (non-hydrogen) atoms. The van der Waals surface area contributed by atoms with Gasteiger partial charge in [0.25, 0.3) is 11.1 Å². The number of nitrogens with zero attached hydrogens (tertiary/aromatic N) is 10. The topological polar surface area (TPSA) is 207 Å². The predicted octanol–water partition coefficient (Wildman–Crippen LogP) is 6.92. The minimum atomic E-state index is -4.65. The number of hydrogen-bond acceptors (Lipinski definition) is 11. The molecule has 0 bridgehead atoms. The molecule has 4 aromatic carbocycles. The van der Waals surface area contributed by atoms with Gasteiger partial charge in [0.15, 0.2) is 6.29 Å². The van der Waals surface area contributed by atoms with Crippen molar-refractivity contribution in [3.05, 3.63) is 197 Å². The van der Waals surface area contributed by atoms with Crippen LogP contribution in [0, 0.1) is 36.5 Å². The minimum absolute atomic E-state index is 0.0225. The third-order valence-corrected chi connectivity index (χ3v) is 11.4. The molecule has 0 N–H and O–H groups in total. The van der Waals surface area contributed by atoms with E-state index in [1.165, 1.54) is 74.1 Å². The van der Waals surface area contributed by atoms with Crippen LogP contribution >= 0.6 is 0 Å². The standard InChI is InChI=1S/C26H22F3N5O4.C24H16F3N5O3/c1-16-23(21-11-12-31-34(21)19-9-7-17(14-30)8-10-19)24(35)32(15-22(37-2)38-3)25(36)33(16)20-6-4-5-18(13-20)26(27,28)29;1-15-21(20-9-10-29-32(20)18-7-5-16(14-28)6-8-18)22(34)30(11-12-33)23(35)31(15)19-4-2-3-17(13-19)24(25,26)27/h4-13,22H,15H2,1-3H3;2-10,12-13H,11H2,1H3. The third kappa shape index (κ3) is 10.3. The van der Waals surface area contributed by atoms with Gasteiger partial charge in [-0.1, -0.05) is 12.1 Å². The number of benzene rings is 4. The van der Waals surface area contributed by atoms with Crippen LogP contribution in [0.25, 0.3) is 45.3 Å². The molecule has 8 aromatic rings. The van der Waals surface area contributed by atoms with Crippen molar-refractivity contribution in [2.75, 3.05) is 14.2 Å². The molecule has 0 fully saturated rings. The Labute approximate surface area is 408 Å². The van der Waals surface area contributed by atoms with Gasteiger partial charge < -0.3 is 14.3 Å². The Morgan fingerprint density at radius 2 is 0.986 bits per heavy atom. The van der Waals surface area contributed by atoms with E-state index < -0.39 is 58.8 Å². The van der Waals surface area contributed by atoms with Crippen molar-refractivity contribution in [2.45, 2.75) is 45.6 Å². The minimum Gasteiger partial charge on any atom is -0.354 e. The lowest BCUT2D eigenvalue weighted by molar-refractivity contribution is -0.138. The summed E-state index contributed by atoms with van der Waals surface area (Å²) in [5, 5.41) is 26.7. The van der Waals surface area contributed by atoms with Crippen LogP contribution in [0.3, 0.4) is 0 Å². The zero-order valence-corrected chi connectivity index (χ0v) is 38.7. The summed E-state index contributed by atoms with van der Waals surface area (Å²) in [4.78, 5) is 65.0. The van der Waals surface area contributed by atoms with E-state index >= 15 is 0 Å². The van der Waals surface area contributed by atoms with Crippen molar-refractivity contribution in [2.24, 2.45) is 0 Å². The first-order chi connectivity index (χ1) is 34.8. The Morgan fingerprint density at radius 1 is 0.589 bits per heavy atom. The number of hydrogen-bond donors (Lipinski definition) is 0. The lowest BCUT2D eigenvalue weighted by atomic mass is 10.1. The molecule has 0 atom stereocenters. The number of alkyl halides is 6. The molecule has 0 saturated carbocycles. The molecule has 4 aromatic heterocycles. The number of aldehydes is 1. The average Bonchev–Trinajstić information content (AvgIpc) is 4.06. The molecule has 23 heteroatoms. The van der Waals surface area contributed by atoms with Gasteiger partial charge in [-0.2, -0.15) is 47.1 Å². The van der Waals surface area contributed by atoms with Crippen molar-refractivity contribution in [1.29, 1.82) is 10.5 Å². The highest BCUT2D eigenvalue weighted by Gasteiger charge is 2.33. The van der Waals surface area contributed by atoms with Crippen LogP contribution < -0.4 is 22.5 Å². The van der Waals surface area contributed by atoms with Gasteiger partial charge in [-0.3, -0.25) is 27.9 Å². The fourth-order valence-corrected chi connectivity index (χ4v) is 7.89. The normalized spacial score (nSPS) is 11.5. The number of halogens is 6. The molecule has 0 saturated heterocycles. The van der Waals surface area contributed by atoms with Gasteiger partial charge in [0.05, 0.1) is 105 Å². The summed E-state index contributed by atoms with van der Waals surface area (Å²) in [6.07, 6.45) is -7.05. The highest BCUT2D eigenvalue weighted by atomic mass is 19.4. The summed E-state index contributed by atoms with van der Waals surface area (Å²) in [6.45, 7) is 2.00. The number of methoxy groups -OCH3 is 2. The van der Waals surface area contributed by atoms with Gasteiger partial charge in [-0.05, 0) is 111 Å². The number of aromatic nitrogens is 8. The number of ether oxygens (including phenoxy) is 2. The lowest BCUT2D eigenvalue weighted by Gasteiger charge is -2.21. The molecule has 0 aliphatic rings. The summed E-state index contributed by atoms with van der Waals surface area (Å²) in [7, 11) is 2.67. The summed E-state index contributed by atoms with van der Waals surface area (Å²) in [6, 6.07) is 28.2. The first-order valence-electron chi connectivity index (χ1n) is 21.4. The van der Waals surface area contributed by atoms with Crippen LogP contribution in [0.1, 0.15) is 33.6 Å². The van der Waals surface area contributed by atoms with Crippen molar-refractivity contribution in [3.63, 3.8) is 0 Å². The van der Waals surface area contributed by atoms with E-state index in [1.54, 1.807) is 54.6 Å². The number of nitriles is 2. The van der Waals surface area contributed by atoms with Gasteiger partial charge in [0.2, 0.25) is 0 Å². The van der Waals surface area contributed by atoms with Gasteiger partial charge in [-0.15, -0.1) is 0 Å². The molecule has 17 nitrogen and oxygen atoms in total. The summed E-state index contributed by atoms with van der Waals surface area (Å²) in [5.74, 6) is 0. The highest BCUT2D eigenvalue weighted by Crippen LogP contribution is 2.33. The van der Waals surface area contributed by atoms with Crippen LogP contribution in [-0.2, 0) is 39.7 Å². The Balaban J connectivity index is 0.000000214. The summed E-state index contributed by atoms with van der Waals surface area (Å²) in [5.41, 5.74) is -2.84. The number of rotatable bonds is 12. The van der Waals surface area contributed by atoms with E-state index in [2.05, 4.69) is 10.2 Å². The molecular weight excluding hydrogens is 967 g/mol. The van der Waals surface area contributed by atoms with E-state index in [0.29, 0.717) is 33.4 Å². The second-order valence-electron chi connectivity index (χ2n) is 15.7. The molecule has 0 amide bonds. The van der Waals surface area contributed by atoms with Crippen LogP contribution in [-0.4, -0.2) is 64.6 Å². The first-order valence-corrected chi connectivity index (χ1v) is 21.4. The van der Waals surface area contributed by atoms with Crippen LogP contribution in [0.15, 0.2) is 141 Å². The average molecular weight is 1000 g/mol. The predicted molar refractivity (Wildman–Crippen MR) is 250 cm³/mol. The van der Waals surface area contributed by atoms with Crippen LogP contribution in [0.2, 0.25) is 0 Å². The lowest BCUT2D eigenvalue weighted by Crippen LogP contribution is -2.44. The second-order valence-corrected chi connectivity index (χ2v) is 15.7. The molecule has 0 spiro atoms. The fraction of sp³-hybridized carbons (Fsp3) is 0.180. The molecule has 0 unspecified atom stereocenters. The van der Waals surface area contributed by atoms with E-state index in [9.17, 15) is 50.3 Å². The Kier molecular flexibility index (Phi) is 14.9. The molecule has 372 valence electrons. The molecule has 0 aliphatic carbocycles.